The quantitative estimate of drug-likeness (QED) is 0.750. The van der Waals surface area contributed by atoms with E-state index in [2.05, 4.69) is 11.6 Å². The summed E-state index contributed by atoms with van der Waals surface area (Å²) in [5.41, 5.74) is 5.63. The maximum atomic E-state index is 11.6. The fourth-order valence-electron chi connectivity index (χ4n) is 2.18. The minimum atomic E-state index is 0.117. The zero-order valence-electron chi connectivity index (χ0n) is 10.4. The summed E-state index contributed by atoms with van der Waals surface area (Å²) in [6, 6.07) is 0.117. The van der Waals surface area contributed by atoms with Gasteiger partial charge in [-0.1, -0.05) is 12.8 Å². The highest BCUT2D eigenvalue weighted by atomic mass is 32.2. The molecule has 3 N–H and O–H groups in total. The Kier molecular flexibility index (Phi) is 5.62. The number of hydrogen-bond donors (Lipinski definition) is 2. The third-order valence-electron chi connectivity index (χ3n) is 3.38. The van der Waals surface area contributed by atoms with Crippen LogP contribution in [0.4, 0.5) is 0 Å². The van der Waals surface area contributed by atoms with Gasteiger partial charge in [0.1, 0.15) is 0 Å². The highest BCUT2D eigenvalue weighted by Gasteiger charge is 2.32. The second-order valence-corrected chi connectivity index (χ2v) is 6.16. The molecule has 1 aliphatic rings. The van der Waals surface area contributed by atoms with Gasteiger partial charge in [-0.2, -0.15) is 11.8 Å². The summed E-state index contributed by atoms with van der Waals surface area (Å²) >= 11 is 1.91. The lowest BCUT2D eigenvalue weighted by atomic mass is 10.1. The Bertz CT molecular complexity index is 225. The first-order valence-corrected chi connectivity index (χ1v) is 7.38. The average Bonchev–Trinajstić information content (AvgIpc) is 2.73. The van der Waals surface area contributed by atoms with Crippen LogP contribution in [0.2, 0.25) is 0 Å². The number of nitrogens with one attached hydrogen (secondary N) is 1. The van der Waals surface area contributed by atoms with E-state index in [1.165, 1.54) is 25.7 Å². The molecule has 94 valence electrons. The summed E-state index contributed by atoms with van der Waals surface area (Å²) in [5, 5.41) is 3.06. The van der Waals surface area contributed by atoms with E-state index in [1.54, 1.807) is 0 Å². The third-order valence-corrected chi connectivity index (χ3v) is 4.80. The Morgan fingerprint density at radius 1 is 1.50 bits per heavy atom. The molecule has 0 bridgehead atoms. The zero-order chi connectivity index (χ0) is 12.0. The Labute approximate surface area is 103 Å². The highest BCUT2D eigenvalue weighted by Crippen LogP contribution is 2.39. The molecule has 1 saturated carbocycles. The number of amides is 1. The largest absolute Gasteiger partial charge is 0.355 e. The van der Waals surface area contributed by atoms with Crippen LogP contribution in [0.25, 0.3) is 0 Å². The van der Waals surface area contributed by atoms with E-state index in [9.17, 15) is 4.79 Å². The molecule has 0 aromatic carbocycles. The molecule has 0 aromatic rings. The summed E-state index contributed by atoms with van der Waals surface area (Å²) in [6.07, 6.45) is 8.57. The van der Waals surface area contributed by atoms with Gasteiger partial charge in [0.25, 0.3) is 0 Å². The van der Waals surface area contributed by atoms with Crippen LogP contribution in [0.1, 0.15) is 45.4 Å². The molecule has 0 aromatic heterocycles. The normalized spacial score (nSPS) is 20.7. The molecule has 0 heterocycles. The van der Waals surface area contributed by atoms with Gasteiger partial charge in [0.05, 0.1) is 0 Å². The van der Waals surface area contributed by atoms with Crippen molar-refractivity contribution in [1.82, 2.24) is 5.32 Å². The summed E-state index contributed by atoms with van der Waals surface area (Å²) in [5.74, 6) is 0.151. The van der Waals surface area contributed by atoms with Gasteiger partial charge < -0.3 is 11.1 Å². The second-order valence-electron chi connectivity index (χ2n) is 4.89. The van der Waals surface area contributed by atoms with Crippen molar-refractivity contribution in [2.24, 2.45) is 5.73 Å². The van der Waals surface area contributed by atoms with Crippen LogP contribution in [0.5, 0.6) is 0 Å². The Hall–Kier alpha value is -0.220. The van der Waals surface area contributed by atoms with Gasteiger partial charge >= 0.3 is 0 Å². The first-order chi connectivity index (χ1) is 7.58. The molecule has 4 heteroatoms. The van der Waals surface area contributed by atoms with Crippen LogP contribution in [0.15, 0.2) is 0 Å². The summed E-state index contributed by atoms with van der Waals surface area (Å²) in [4.78, 5) is 11.6. The number of thioether (sulfide) groups is 1. The smallest absolute Gasteiger partial charge is 0.220 e. The van der Waals surface area contributed by atoms with Crippen LogP contribution in [-0.2, 0) is 4.79 Å². The van der Waals surface area contributed by atoms with Gasteiger partial charge in [0.15, 0.2) is 0 Å². The third kappa shape index (κ3) is 4.34. The lowest BCUT2D eigenvalue weighted by molar-refractivity contribution is -0.121. The van der Waals surface area contributed by atoms with Crippen molar-refractivity contribution in [2.45, 2.75) is 56.2 Å². The van der Waals surface area contributed by atoms with Crippen LogP contribution in [-0.4, -0.2) is 29.5 Å². The number of rotatable bonds is 6. The van der Waals surface area contributed by atoms with E-state index >= 15 is 0 Å². The monoisotopic (exact) mass is 244 g/mol. The number of nitrogens with two attached hydrogens (primary N) is 1. The number of hydrogen-bond acceptors (Lipinski definition) is 3. The molecular weight excluding hydrogens is 220 g/mol. The van der Waals surface area contributed by atoms with Crippen molar-refractivity contribution >= 4 is 17.7 Å². The van der Waals surface area contributed by atoms with Gasteiger partial charge in [-0.05, 0) is 32.4 Å². The lowest BCUT2D eigenvalue weighted by Gasteiger charge is -2.26. The minimum Gasteiger partial charge on any atom is -0.355 e. The maximum Gasteiger partial charge on any atom is 0.220 e. The fraction of sp³-hybridized carbons (Fsp3) is 0.917. The second kappa shape index (κ2) is 6.50. The maximum absolute atomic E-state index is 11.6. The molecular formula is C12H24N2OS. The van der Waals surface area contributed by atoms with E-state index in [1.807, 2.05) is 18.7 Å². The molecule has 0 spiro atoms. The van der Waals surface area contributed by atoms with E-state index in [-0.39, 0.29) is 11.9 Å². The number of carbonyl (C=O) groups is 1. The summed E-state index contributed by atoms with van der Waals surface area (Å²) in [7, 11) is 0. The van der Waals surface area contributed by atoms with E-state index < -0.39 is 0 Å². The van der Waals surface area contributed by atoms with Gasteiger partial charge in [0.2, 0.25) is 5.91 Å². The van der Waals surface area contributed by atoms with Crippen LogP contribution in [0.3, 0.4) is 0 Å². The molecule has 1 aliphatic carbocycles. The Morgan fingerprint density at radius 2 is 2.12 bits per heavy atom. The molecule has 1 unspecified atom stereocenters. The summed E-state index contributed by atoms with van der Waals surface area (Å²) < 4.78 is 0.310. The van der Waals surface area contributed by atoms with Crippen LogP contribution in [0, 0.1) is 0 Å². The molecule has 0 aliphatic heterocycles. The van der Waals surface area contributed by atoms with Crippen molar-refractivity contribution in [3.63, 3.8) is 0 Å². The molecule has 3 nitrogen and oxygen atoms in total. The Morgan fingerprint density at radius 3 is 2.62 bits per heavy atom. The zero-order valence-corrected chi connectivity index (χ0v) is 11.2. The van der Waals surface area contributed by atoms with Crippen LogP contribution >= 0.6 is 11.8 Å². The molecule has 16 heavy (non-hydrogen) atoms. The molecule has 1 fully saturated rings. The van der Waals surface area contributed by atoms with E-state index in [0.29, 0.717) is 11.2 Å². The molecule has 0 saturated heterocycles. The van der Waals surface area contributed by atoms with Crippen molar-refractivity contribution in [1.29, 1.82) is 0 Å². The molecule has 0 radical (unpaired) electrons. The van der Waals surface area contributed by atoms with Gasteiger partial charge in [0, 0.05) is 23.8 Å². The van der Waals surface area contributed by atoms with Crippen molar-refractivity contribution in [2.75, 3.05) is 12.8 Å². The first kappa shape index (κ1) is 13.8. The average molecular weight is 244 g/mol. The van der Waals surface area contributed by atoms with Crippen LogP contribution < -0.4 is 11.1 Å². The topological polar surface area (TPSA) is 55.1 Å². The first-order valence-electron chi connectivity index (χ1n) is 6.15. The summed E-state index contributed by atoms with van der Waals surface area (Å²) in [6.45, 7) is 2.76. The Balaban J connectivity index is 2.24. The van der Waals surface area contributed by atoms with E-state index in [0.717, 1.165) is 13.0 Å². The predicted octanol–water partition coefficient (Wildman–Crippen LogP) is 1.91. The molecule has 1 atom stereocenters. The van der Waals surface area contributed by atoms with Crippen molar-refractivity contribution in [3.05, 3.63) is 0 Å². The molecule has 1 amide bonds. The fourth-order valence-corrected chi connectivity index (χ4v) is 3.09. The highest BCUT2D eigenvalue weighted by molar-refractivity contribution is 8.00. The van der Waals surface area contributed by atoms with Crippen molar-refractivity contribution < 1.29 is 4.79 Å². The molecule has 1 rings (SSSR count). The number of carbonyl (C=O) groups excluding carboxylic acids is 1. The van der Waals surface area contributed by atoms with Gasteiger partial charge in [-0.15, -0.1) is 0 Å². The van der Waals surface area contributed by atoms with Gasteiger partial charge in [-0.25, -0.2) is 0 Å². The minimum absolute atomic E-state index is 0.117. The lowest BCUT2D eigenvalue weighted by Crippen LogP contribution is -2.38. The standard InChI is InChI=1S/C12H24N2OS/c1-10(13)5-6-11(15)14-9-12(16-2)7-3-4-8-12/h10H,3-9,13H2,1-2H3,(H,14,15). The SMILES string of the molecule is CSC1(CNC(=O)CCC(C)N)CCCC1. The van der Waals surface area contributed by atoms with Gasteiger partial charge in [-0.3, -0.25) is 4.79 Å². The van der Waals surface area contributed by atoms with E-state index in [4.69, 9.17) is 5.73 Å². The van der Waals surface area contributed by atoms with Crippen molar-refractivity contribution in [3.8, 4) is 0 Å². The predicted molar refractivity (Wildman–Crippen MR) is 70.6 cm³/mol.